The fourth-order valence-electron chi connectivity index (χ4n) is 7.58. The first kappa shape index (κ1) is 31.2. The number of benzene rings is 3. The summed E-state index contributed by atoms with van der Waals surface area (Å²) in [5, 5.41) is 22.6. The average Bonchev–Trinajstić information content (AvgIpc) is 3.75. The van der Waals surface area contributed by atoms with Crippen LogP contribution in [0.2, 0.25) is 0 Å². The highest BCUT2D eigenvalue weighted by molar-refractivity contribution is 5.79. The number of hydrogen-bond acceptors (Lipinski definition) is 13. The van der Waals surface area contributed by atoms with Gasteiger partial charge in [-0.15, -0.1) is 0 Å². The first-order chi connectivity index (χ1) is 23.4. The number of ether oxygens (including phenoxy) is 10. The fourth-order valence-corrected chi connectivity index (χ4v) is 7.58. The van der Waals surface area contributed by atoms with Gasteiger partial charge in [0.05, 0.1) is 46.6 Å². The third kappa shape index (κ3) is 5.04. The second-order valence-electron chi connectivity index (χ2n) is 12.3. The van der Waals surface area contributed by atoms with Crippen LogP contribution in [-0.4, -0.2) is 88.2 Å². The van der Waals surface area contributed by atoms with Crippen molar-refractivity contribution >= 4 is 5.97 Å². The Balaban J connectivity index is 1.15. The van der Waals surface area contributed by atoms with E-state index in [9.17, 15) is 15.0 Å². The summed E-state index contributed by atoms with van der Waals surface area (Å²) in [5.74, 6) is 0.203. The van der Waals surface area contributed by atoms with Gasteiger partial charge >= 0.3 is 5.97 Å². The van der Waals surface area contributed by atoms with E-state index in [0.29, 0.717) is 34.3 Å². The van der Waals surface area contributed by atoms with Crippen LogP contribution in [0.4, 0.5) is 0 Å². The normalized spacial score (nSPS) is 33.2. The van der Waals surface area contributed by atoms with Crippen LogP contribution < -0.4 is 23.7 Å². The molecule has 3 fully saturated rings. The molecule has 13 nitrogen and oxygen atoms in total. The Morgan fingerprint density at radius 3 is 2.17 bits per heavy atom. The van der Waals surface area contributed by atoms with E-state index in [1.54, 1.807) is 0 Å². The van der Waals surface area contributed by atoms with Crippen molar-refractivity contribution in [1.82, 2.24) is 0 Å². The molecule has 48 heavy (non-hydrogen) atoms. The van der Waals surface area contributed by atoms with Crippen molar-refractivity contribution in [3.63, 3.8) is 0 Å². The summed E-state index contributed by atoms with van der Waals surface area (Å²) in [6.45, 7) is 0.202. The maximum Gasteiger partial charge on any atom is 0.310 e. The molecule has 4 heterocycles. The molecule has 4 aliphatic heterocycles. The van der Waals surface area contributed by atoms with E-state index in [0.717, 1.165) is 16.7 Å². The van der Waals surface area contributed by atoms with Gasteiger partial charge in [-0.2, -0.15) is 0 Å². The van der Waals surface area contributed by atoms with Crippen LogP contribution in [0.15, 0.2) is 54.6 Å². The third-order valence-corrected chi connectivity index (χ3v) is 9.85. The highest BCUT2D eigenvalue weighted by atomic mass is 16.8. The number of aliphatic hydroxyl groups is 2. The van der Waals surface area contributed by atoms with Crippen molar-refractivity contribution in [2.75, 3.05) is 41.3 Å². The lowest BCUT2D eigenvalue weighted by molar-refractivity contribution is -0.369. The van der Waals surface area contributed by atoms with Crippen LogP contribution in [0.1, 0.15) is 40.6 Å². The summed E-state index contributed by atoms with van der Waals surface area (Å²) >= 11 is 0. The number of fused-ring (bicyclic) bond motifs is 4. The Hall–Kier alpha value is -4.11. The van der Waals surface area contributed by atoms with Crippen LogP contribution in [-0.2, 0) is 28.5 Å². The summed E-state index contributed by atoms with van der Waals surface area (Å²) in [4.78, 5) is 13.6. The molecule has 5 aliphatic rings. The van der Waals surface area contributed by atoms with Crippen LogP contribution >= 0.6 is 0 Å². The molecule has 3 aromatic rings. The second kappa shape index (κ2) is 12.4. The molecule has 0 aromatic heterocycles. The Morgan fingerprint density at radius 2 is 1.48 bits per heavy atom. The zero-order chi connectivity index (χ0) is 33.1. The Morgan fingerprint density at radius 1 is 0.771 bits per heavy atom. The summed E-state index contributed by atoms with van der Waals surface area (Å²) in [6, 6.07) is 16.7. The molecule has 3 aromatic carbocycles. The predicted molar refractivity (Wildman–Crippen MR) is 163 cm³/mol. The summed E-state index contributed by atoms with van der Waals surface area (Å²) in [7, 11) is 4.59. The van der Waals surface area contributed by atoms with Crippen molar-refractivity contribution in [2.45, 2.75) is 49.0 Å². The van der Waals surface area contributed by atoms with Gasteiger partial charge in [-0.1, -0.05) is 30.3 Å². The lowest BCUT2D eigenvalue weighted by Crippen LogP contribution is -2.62. The van der Waals surface area contributed by atoms with Crippen molar-refractivity contribution < 1.29 is 62.4 Å². The van der Waals surface area contributed by atoms with Crippen molar-refractivity contribution in [3.05, 3.63) is 76.9 Å². The third-order valence-electron chi connectivity index (χ3n) is 9.85. The van der Waals surface area contributed by atoms with E-state index in [1.165, 1.54) is 21.3 Å². The van der Waals surface area contributed by atoms with Crippen LogP contribution in [0.5, 0.6) is 28.7 Å². The Kier molecular flexibility index (Phi) is 8.06. The molecule has 2 N–H and O–H groups in total. The minimum Gasteiger partial charge on any atom is -0.493 e. The van der Waals surface area contributed by atoms with E-state index in [1.807, 2.05) is 54.6 Å². The molecule has 0 radical (unpaired) electrons. The number of aliphatic hydroxyl groups excluding tert-OH is 2. The summed E-state index contributed by atoms with van der Waals surface area (Å²) in [5.41, 5.74) is 2.95. The van der Waals surface area contributed by atoms with Crippen molar-refractivity contribution in [3.8, 4) is 28.7 Å². The van der Waals surface area contributed by atoms with Gasteiger partial charge in [0.25, 0.3) is 0 Å². The van der Waals surface area contributed by atoms with Gasteiger partial charge in [0.15, 0.2) is 35.6 Å². The van der Waals surface area contributed by atoms with Gasteiger partial charge in [-0.25, -0.2) is 0 Å². The van der Waals surface area contributed by atoms with Crippen LogP contribution in [0.25, 0.3) is 0 Å². The number of carbonyl (C=O) groups is 1. The number of rotatable bonds is 7. The summed E-state index contributed by atoms with van der Waals surface area (Å²) in [6.07, 6.45) is -7.19. The molecule has 0 spiro atoms. The van der Waals surface area contributed by atoms with Gasteiger partial charge in [0.2, 0.25) is 12.5 Å². The van der Waals surface area contributed by atoms with E-state index in [-0.39, 0.29) is 20.0 Å². The molecular weight excluding hydrogens is 628 g/mol. The lowest BCUT2D eigenvalue weighted by atomic mass is 9.66. The molecule has 0 amide bonds. The minimum absolute atomic E-state index is 0.0389. The monoisotopic (exact) mass is 664 g/mol. The molecule has 0 saturated carbocycles. The summed E-state index contributed by atoms with van der Waals surface area (Å²) < 4.78 is 58.9. The standard InChI is InChI=1S/C35H36O13/c1-39-23-9-17(10-24(40-2)31(23)41-3)26-18-11-21-22(45-15-44-21)12-19(18)30(20-13-42-33(38)27(20)26)47-35-29(37)28(36)32-25(46-35)14-43-34(48-32)16-7-5-4-6-8-16/h4-12,20,25-30,32,34-37H,13-15H2,1-3H3/t20-,25-,26+,27-,28-,29+,30-,32-,34-,35+/m0/s1. The zero-order valence-electron chi connectivity index (χ0n) is 26.5. The largest absolute Gasteiger partial charge is 0.493 e. The highest BCUT2D eigenvalue weighted by Crippen LogP contribution is 2.57. The van der Waals surface area contributed by atoms with Gasteiger partial charge in [-0.3, -0.25) is 4.79 Å². The Bertz CT molecular complexity index is 1650. The van der Waals surface area contributed by atoms with E-state index in [4.69, 9.17) is 47.4 Å². The molecule has 10 atom stereocenters. The van der Waals surface area contributed by atoms with Crippen LogP contribution in [0, 0.1) is 11.8 Å². The number of esters is 1. The average molecular weight is 665 g/mol. The number of cyclic esters (lactones) is 1. The van der Waals surface area contributed by atoms with Crippen LogP contribution in [0.3, 0.4) is 0 Å². The van der Waals surface area contributed by atoms with Gasteiger partial charge in [-0.05, 0) is 41.0 Å². The molecule has 0 bridgehead atoms. The minimum atomic E-state index is -1.47. The fraction of sp³-hybridized carbons (Fsp3) is 0.457. The predicted octanol–water partition coefficient (Wildman–Crippen LogP) is 2.99. The van der Waals surface area contributed by atoms with E-state index < -0.39 is 66.8 Å². The first-order valence-electron chi connectivity index (χ1n) is 15.8. The molecule has 0 unspecified atom stereocenters. The molecule has 254 valence electrons. The maximum atomic E-state index is 13.6. The molecular formula is C35H36O13. The lowest BCUT2D eigenvalue weighted by Gasteiger charge is -2.48. The smallest absolute Gasteiger partial charge is 0.310 e. The van der Waals surface area contributed by atoms with Crippen molar-refractivity contribution in [2.24, 2.45) is 11.8 Å². The van der Waals surface area contributed by atoms with Gasteiger partial charge in [0.1, 0.15) is 24.4 Å². The molecule has 13 heteroatoms. The van der Waals surface area contributed by atoms with Gasteiger partial charge in [0, 0.05) is 17.4 Å². The molecule has 1 aliphatic carbocycles. The van der Waals surface area contributed by atoms with Gasteiger partial charge < -0.3 is 57.6 Å². The first-order valence-corrected chi connectivity index (χ1v) is 15.8. The molecule has 8 rings (SSSR count). The van der Waals surface area contributed by atoms with Crippen molar-refractivity contribution in [1.29, 1.82) is 0 Å². The van der Waals surface area contributed by atoms with E-state index in [2.05, 4.69) is 0 Å². The number of hydrogen-bond donors (Lipinski definition) is 2. The number of methoxy groups -OCH3 is 3. The Labute approximate surface area is 276 Å². The zero-order valence-corrected chi connectivity index (χ0v) is 26.5. The SMILES string of the molecule is COc1cc([C@@H]2c3cc4c(cc3[C@H](O[C@H]3O[C@H]5CO[C@H](c6ccccc6)O[C@@H]5[C@@H](O)[C@H]3O)[C@H]3COC(=O)[C@H]23)OCO4)cc(OC)c1OC. The second-order valence-corrected chi connectivity index (χ2v) is 12.3. The highest BCUT2D eigenvalue weighted by Gasteiger charge is 2.56. The number of carbonyl (C=O) groups excluding carboxylic acids is 1. The van der Waals surface area contributed by atoms with E-state index >= 15 is 0 Å². The molecule has 3 saturated heterocycles. The topological polar surface area (TPSA) is 150 Å². The quantitative estimate of drug-likeness (QED) is 0.357. The maximum absolute atomic E-state index is 13.6.